The zero-order chi connectivity index (χ0) is 30.8. The van der Waals surface area contributed by atoms with Crippen molar-refractivity contribution in [2.45, 2.75) is 59.9 Å². The third kappa shape index (κ3) is 7.42. The minimum atomic E-state index is 0.135. The lowest BCUT2D eigenvalue weighted by molar-refractivity contribution is -0.118. The molecule has 3 aromatic carbocycles. The molecular formula is C34H43N7O2. The van der Waals surface area contributed by atoms with Gasteiger partial charge in [0.2, 0.25) is 5.91 Å². The van der Waals surface area contributed by atoms with Crippen molar-refractivity contribution in [1.82, 2.24) is 15.2 Å². The summed E-state index contributed by atoms with van der Waals surface area (Å²) in [4.78, 5) is 15.2. The van der Waals surface area contributed by atoms with Crippen molar-refractivity contribution in [3.05, 3.63) is 101 Å². The molecule has 2 heterocycles. The number of rotatable bonds is 9. The molecular weight excluding hydrogens is 538 g/mol. The Bertz CT molecular complexity index is 1560. The molecule has 1 amide bonds. The van der Waals surface area contributed by atoms with Crippen LogP contribution in [0, 0.1) is 13.8 Å². The maximum Gasteiger partial charge on any atom is 0.227 e. The summed E-state index contributed by atoms with van der Waals surface area (Å²) in [6.45, 7) is 9.97. The van der Waals surface area contributed by atoms with Crippen molar-refractivity contribution in [3.8, 4) is 16.9 Å². The summed E-state index contributed by atoms with van der Waals surface area (Å²) in [7, 11) is 0. The first-order valence-corrected chi connectivity index (χ1v) is 15.0. The largest absolute Gasteiger partial charge is 0.493 e. The highest BCUT2D eigenvalue weighted by molar-refractivity contribution is 5.98. The fraction of sp³-hybridized carbons (Fsp3) is 0.324. The quantitative estimate of drug-likeness (QED) is 0.0793. The Morgan fingerprint density at radius 2 is 1.88 bits per heavy atom. The lowest BCUT2D eigenvalue weighted by atomic mass is 9.93. The van der Waals surface area contributed by atoms with Gasteiger partial charge in [0.25, 0.3) is 0 Å². The van der Waals surface area contributed by atoms with Gasteiger partial charge in [-0.3, -0.25) is 9.48 Å². The molecule has 1 aliphatic rings. The van der Waals surface area contributed by atoms with E-state index in [1.165, 1.54) is 11.1 Å². The average molecular weight is 582 g/mol. The summed E-state index contributed by atoms with van der Waals surface area (Å²) in [6.07, 6.45) is 6.90. The second-order valence-electron chi connectivity index (χ2n) is 10.4. The van der Waals surface area contributed by atoms with Crippen LogP contribution in [0.25, 0.3) is 11.1 Å². The normalized spacial score (nSPS) is 12.7. The first-order chi connectivity index (χ1) is 21.0. The number of ether oxygens (including phenoxy) is 1. The van der Waals surface area contributed by atoms with Gasteiger partial charge in [-0.15, -0.1) is 0 Å². The van der Waals surface area contributed by atoms with Crippen molar-refractivity contribution in [1.29, 1.82) is 0 Å². The molecule has 0 bridgehead atoms. The first-order valence-electron chi connectivity index (χ1n) is 15.0. The minimum Gasteiger partial charge on any atom is -0.493 e. The number of amidine groups is 1. The number of nitrogens with two attached hydrogens (primary N) is 2. The summed E-state index contributed by atoms with van der Waals surface area (Å²) in [5.41, 5.74) is 11.0. The molecule has 1 aromatic heterocycles. The number of amides is 1. The maximum absolute atomic E-state index is 13.3. The van der Waals surface area contributed by atoms with Gasteiger partial charge in [0.15, 0.2) is 5.84 Å². The molecule has 5 rings (SSSR count). The van der Waals surface area contributed by atoms with Crippen molar-refractivity contribution in [3.63, 3.8) is 0 Å². The van der Waals surface area contributed by atoms with Crippen LogP contribution in [0.15, 0.2) is 78.2 Å². The standard InChI is InChI=1S/C32H37N7O2.C2H6/c1-22-8-3-14-30(23(22)2)41-17-7-15-31(40)39-16-6-12-28-27(11-5-13-29(28)39)26-19-35-38(21-26)20-24-9-4-10-25(18-24)32(36-33)37-34;1-2/h3-5,8-11,13-14,18-19,21H,6-7,12,15-17,20,33-34H2,1-2H3,(H,36,37);1-2H3. The predicted octanol–water partition coefficient (Wildman–Crippen LogP) is 5.46. The first kappa shape index (κ1) is 31.3. The molecule has 9 nitrogen and oxygen atoms in total. The van der Waals surface area contributed by atoms with E-state index in [1.807, 2.05) is 78.3 Å². The van der Waals surface area contributed by atoms with Gasteiger partial charge in [0.05, 0.1) is 19.3 Å². The van der Waals surface area contributed by atoms with Gasteiger partial charge < -0.3 is 20.9 Å². The van der Waals surface area contributed by atoms with E-state index < -0.39 is 0 Å². The monoisotopic (exact) mass is 581 g/mol. The number of carbonyl (C=O) groups is 1. The molecule has 0 saturated carbocycles. The molecule has 1 aliphatic heterocycles. The Balaban J connectivity index is 0.00000207. The summed E-state index contributed by atoms with van der Waals surface area (Å²) < 4.78 is 7.88. The molecule has 0 unspecified atom stereocenters. The van der Waals surface area contributed by atoms with Gasteiger partial charge in [-0.25, -0.2) is 5.84 Å². The van der Waals surface area contributed by atoms with Crippen molar-refractivity contribution >= 4 is 17.4 Å². The zero-order valence-electron chi connectivity index (χ0n) is 25.6. The number of fused-ring (bicyclic) bond motifs is 1. The van der Waals surface area contributed by atoms with Gasteiger partial charge in [-0.2, -0.15) is 10.2 Å². The third-order valence-corrected chi connectivity index (χ3v) is 7.65. The molecule has 0 aliphatic carbocycles. The smallest absolute Gasteiger partial charge is 0.227 e. The Kier molecular flexibility index (Phi) is 10.9. The lowest BCUT2D eigenvalue weighted by Crippen LogP contribution is -2.35. The number of carbonyl (C=O) groups excluding carboxylic acids is 1. The molecule has 0 saturated heterocycles. The Morgan fingerprint density at radius 3 is 2.67 bits per heavy atom. The predicted molar refractivity (Wildman–Crippen MR) is 174 cm³/mol. The highest BCUT2D eigenvalue weighted by atomic mass is 16.5. The summed E-state index contributed by atoms with van der Waals surface area (Å²) in [5, 5.41) is 8.31. The van der Waals surface area contributed by atoms with Crippen LogP contribution in [0.1, 0.15) is 60.9 Å². The van der Waals surface area contributed by atoms with Crippen LogP contribution in [0.5, 0.6) is 5.75 Å². The molecule has 4 aromatic rings. The van der Waals surface area contributed by atoms with E-state index in [4.69, 9.17) is 16.4 Å². The SMILES string of the molecule is CC.Cc1cccc(OCCCC(=O)N2CCCc3c(-c4cnn(Cc5cccc(/C(=N/N)NN)c5)c4)cccc32)c1C. The van der Waals surface area contributed by atoms with E-state index >= 15 is 0 Å². The van der Waals surface area contributed by atoms with E-state index in [0.29, 0.717) is 31.8 Å². The van der Waals surface area contributed by atoms with Gasteiger partial charge >= 0.3 is 0 Å². The van der Waals surface area contributed by atoms with Crippen LogP contribution in [0.4, 0.5) is 5.69 Å². The summed E-state index contributed by atoms with van der Waals surface area (Å²) in [6, 6.07) is 20.1. The number of hydrogen-bond acceptors (Lipinski definition) is 6. The number of benzene rings is 3. The van der Waals surface area contributed by atoms with Crippen molar-refractivity contribution in [2.24, 2.45) is 16.8 Å². The molecule has 0 atom stereocenters. The average Bonchev–Trinajstić information content (AvgIpc) is 3.50. The van der Waals surface area contributed by atoms with Crippen LogP contribution >= 0.6 is 0 Å². The maximum atomic E-state index is 13.3. The third-order valence-electron chi connectivity index (χ3n) is 7.65. The highest BCUT2D eigenvalue weighted by Gasteiger charge is 2.24. The molecule has 0 radical (unpaired) electrons. The molecule has 9 heteroatoms. The van der Waals surface area contributed by atoms with E-state index in [2.05, 4.69) is 47.7 Å². The number of nitrogens with one attached hydrogen (secondary N) is 1. The van der Waals surface area contributed by atoms with Gasteiger partial charge in [-0.05, 0) is 79.1 Å². The van der Waals surface area contributed by atoms with E-state index in [9.17, 15) is 4.79 Å². The molecule has 0 fully saturated rings. The van der Waals surface area contributed by atoms with E-state index in [0.717, 1.165) is 58.6 Å². The van der Waals surface area contributed by atoms with Gasteiger partial charge in [0.1, 0.15) is 5.75 Å². The Morgan fingerprint density at radius 1 is 1.09 bits per heavy atom. The molecule has 0 spiro atoms. The van der Waals surface area contributed by atoms with E-state index in [1.54, 1.807) is 0 Å². The highest BCUT2D eigenvalue weighted by Crippen LogP contribution is 2.36. The van der Waals surface area contributed by atoms with Gasteiger partial charge in [-0.1, -0.05) is 56.3 Å². The number of hydrogen-bond donors (Lipinski definition) is 3. The fourth-order valence-corrected chi connectivity index (χ4v) is 5.36. The summed E-state index contributed by atoms with van der Waals surface area (Å²) >= 11 is 0. The summed E-state index contributed by atoms with van der Waals surface area (Å²) in [5.74, 6) is 12.4. The van der Waals surface area contributed by atoms with Gasteiger partial charge in [0, 0.05) is 36.0 Å². The zero-order valence-corrected chi connectivity index (χ0v) is 25.6. The molecule has 43 heavy (non-hydrogen) atoms. The minimum absolute atomic E-state index is 0.135. The van der Waals surface area contributed by atoms with Crippen molar-refractivity contribution in [2.75, 3.05) is 18.1 Å². The number of hydrazine groups is 1. The van der Waals surface area contributed by atoms with Crippen LogP contribution in [-0.2, 0) is 17.8 Å². The van der Waals surface area contributed by atoms with Crippen LogP contribution in [0.2, 0.25) is 0 Å². The van der Waals surface area contributed by atoms with Crippen LogP contribution < -0.4 is 26.7 Å². The van der Waals surface area contributed by atoms with Crippen LogP contribution in [-0.4, -0.2) is 34.7 Å². The Hall–Kier alpha value is -4.63. The second kappa shape index (κ2) is 15.0. The second-order valence-corrected chi connectivity index (χ2v) is 10.4. The van der Waals surface area contributed by atoms with Crippen LogP contribution in [0.3, 0.4) is 0 Å². The molecule has 226 valence electrons. The topological polar surface area (TPSA) is 124 Å². The van der Waals surface area contributed by atoms with Crippen molar-refractivity contribution < 1.29 is 9.53 Å². The number of aryl methyl sites for hydroxylation is 1. The number of hydrazone groups is 1. The number of aromatic nitrogens is 2. The molecule has 5 N–H and O–H groups in total. The lowest BCUT2D eigenvalue weighted by Gasteiger charge is -2.31. The van der Waals surface area contributed by atoms with E-state index in [-0.39, 0.29) is 5.91 Å². The Labute approximate surface area is 254 Å². The number of nitrogens with zero attached hydrogens (tertiary/aromatic N) is 4. The number of anilines is 1. The fourth-order valence-electron chi connectivity index (χ4n) is 5.36.